The van der Waals surface area contributed by atoms with Gasteiger partial charge in [-0.1, -0.05) is 31.9 Å². The predicted octanol–water partition coefficient (Wildman–Crippen LogP) is 4.49. The van der Waals surface area contributed by atoms with Gasteiger partial charge < -0.3 is 0 Å². The van der Waals surface area contributed by atoms with Crippen LogP contribution in [-0.2, 0) is 31.8 Å². The van der Waals surface area contributed by atoms with Crippen LogP contribution in [0, 0.1) is 0 Å². The minimum atomic E-state index is -3.11. The molecule has 0 aliphatic rings. The van der Waals surface area contributed by atoms with Crippen LogP contribution in [0.2, 0.25) is 0 Å². The summed E-state index contributed by atoms with van der Waals surface area (Å²) >= 11 is 3.01. The van der Waals surface area contributed by atoms with Crippen LogP contribution < -0.4 is 0 Å². The van der Waals surface area contributed by atoms with E-state index < -0.39 is 12.3 Å². The molecule has 0 aromatic rings. The Kier molecular flexibility index (Phi) is 23.3. The van der Waals surface area contributed by atoms with Crippen molar-refractivity contribution in [3.8, 4) is 0 Å². The van der Waals surface area contributed by atoms with Crippen molar-refractivity contribution in [2.75, 3.05) is 4.24 Å². The van der Waals surface area contributed by atoms with E-state index in [2.05, 4.69) is 31.9 Å². The third-order valence-corrected chi connectivity index (χ3v) is 0. The molecule has 0 amide bonds. The van der Waals surface area contributed by atoms with E-state index >= 15 is 0 Å². The second-order valence-electron chi connectivity index (χ2n) is 0.530. The molecule has 0 heterocycles. The maximum atomic E-state index is 5.01. The van der Waals surface area contributed by atoms with E-state index in [0.29, 0.717) is 0 Å². The van der Waals surface area contributed by atoms with E-state index in [1.165, 1.54) is 0 Å². The Morgan fingerprint density at radius 1 is 1.00 bits per heavy atom. The molecular formula is CH2Br2Cl4TiZn. The van der Waals surface area contributed by atoms with Gasteiger partial charge in [0, 0.05) is 19.5 Å². The molecule has 0 aromatic carbocycles. The van der Waals surface area contributed by atoms with Gasteiger partial charge in [0.15, 0.2) is 0 Å². The fraction of sp³-hybridized carbons (Fsp3) is 1.00. The molecule has 0 aliphatic carbocycles. The first-order valence-electron chi connectivity index (χ1n) is 1.29. The minimum absolute atomic E-state index is 0. The summed E-state index contributed by atoms with van der Waals surface area (Å²) in [5.74, 6) is 0. The molecule has 9 heavy (non-hydrogen) atoms. The number of rotatable bonds is 0. The first-order valence-corrected chi connectivity index (χ1v) is 12.1. The Morgan fingerprint density at radius 3 is 1.00 bits per heavy atom. The molecule has 0 N–H and O–H groups in total. The number of hydrogen-bond acceptors (Lipinski definition) is 0. The molecule has 0 nitrogen and oxygen atoms in total. The average Bonchev–Trinajstić information content (AvgIpc) is 1.27. The van der Waals surface area contributed by atoms with Crippen LogP contribution in [0.5, 0.6) is 0 Å². The zero-order valence-electron chi connectivity index (χ0n) is 4.18. The summed E-state index contributed by atoms with van der Waals surface area (Å²) in [6.45, 7) is 0. The number of alkyl halides is 2. The van der Waals surface area contributed by atoms with Crippen molar-refractivity contribution in [2.45, 2.75) is 0 Å². The van der Waals surface area contributed by atoms with Crippen LogP contribution >= 0.6 is 69.1 Å². The smallest absolute Gasteiger partial charge is 0 e. The Morgan fingerprint density at radius 2 is 1.00 bits per heavy atom. The van der Waals surface area contributed by atoms with Crippen LogP contribution in [0.1, 0.15) is 0 Å². The van der Waals surface area contributed by atoms with Crippen LogP contribution in [0.15, 0.2) is 0 Å². The van der Waals surface area contributed by atoms with E-state index in [1.54, 1.807) is 0 Å². The largest absolute Gasteiger partial charge is 0 e. The molecule has 54 valence electrons. The zero-order chi connectivity index (χ0) is 7.21. The Bertz CT molecular complexity index is 42.3. The summed E-state index contributed by atoms with van der Waals surface area (Å²) in [5, 5.41) is 0. The molecule has 0 atom stereocenters. The van der Waals surface area contributed by atoms with Gasteiger partial charge in [-0.25, -0.2) is 0 Å². The molecule has 0 spiro atoms. The first-order chi connectivity index (χ1) is 3.41. The Hall–Kier alpha value is 3.46. The molecule has 0 rings (SSSR count). The summed E-state index contributed by atoms with van der Waals surface area (Å²) in [5.41, 5.74) is 0. The van der Waals surface area contributed by atoms with E-state index in [-0.39, 0.29) is 19.5 Å². The molecule has 0 saturated carbocycles. The molecule has 0 saturated heterocycles. The number of halogens is 6. The average molecular weight is 429 g/mol. The van der Waals surface area contributed by atoms with Gasteiger partial charge in [-0.05, 0) is 0 Å². The Labute approximate surface area is 103 Å². The van der Waals surface area contributed by atoms with Crippen LogP contribution in [0.4, 0.5) is 0 Å². The van der Waals surface area contributed by atoms with Gasteiger partial charge >= 0.3 is 49.6 Å². The molecule has 0 bridgehead atoms. The summed E-state index contributed by atoms with van der Waals surface area (Å²) in [6.07, 6.45) is 0. The molecule has 0 radical (unpaired) electrons. The van der Waals surface area contributed by atoms with Gasteiger partial charge in [0.25, 0.3) is 0 Å². The molecule has 8 heteroatoms. The van der Waals surface area contributed by atoms with Crippen molar-refractivity contribution < 1.29 is 31.8 Å². The van der Waals surface area contributed by atoms with E-state index in [9.17, 15) is 0 Å². The van der Waals surface area contributed by atoms with Gasteiger partial charge in [0.05, 0.1) is 4.24 Å². The maximum absolute atomic E-state index is 5.01. The van der Waals surface area contributed by atoms with Gasteiger partial charge in [-0.15, -0.1) is 0 Å². The third kappa shape index (κ3) is 85.7. The van der Waals surface area contributed by atoms with Crippen molar-refractivity contribution in [3.05, 3.63) is 0 Å². The predicted molar refractivity (Wildman–Crippen MR) is 46.1 cm³/mol. The monoisotopic (exact) mass is 424 g/mol. The molecule has 0 fully saturated rings. The van der Waals surface area contributed by atoms with Gasteiger partial charge in [0.2, 0.25) is 0 Å². The van der Waals surface area contributed by atoms with Gasteiger partial charge in [0.1, 0.15) is 0 Å². The zero-order valence-corrected chi connectivity index (χ0v) is 14.9. The van der Waals surface area contributed by atoms with Crippen molar-refractivity contribution in [1.29, 1.82) is 0 Å². The first kappa shape index (κ1) is 18.3. The summed E-state index contributed by atoms with van der Waals surface area (Å²) in [7, 11) is 20.1. The van der Waals surface area contributed by atoms with Gasteiger partial charge in [-0.3, -0.25) is 0 Å². The molecule has 0 aliphatic heterocycles. The van der Waals surface area contributed by atoms with Gasteiger partial charge in [-0.2, -0.15) is 0 Å². The van der Waals surface area contributed by atoms with E-state index in [0.717, 1.165) is 4.24 Å². The normalized spacial score (nSPS) is 8.67. The van der Waals surface area contributed by atoms with E-state index in [1.807, 2.05) is 0 Å². The molecule has 0 aromatic heterocycles. The Balaban J connectivity index is -0.0000000800. The third-order valence-electron chi connectivity index (χ3n) is 0. The summed E-state index contributed by atoms with van der Waals surface area (Å²) in [4.78, 5) is 0. The van der Waals surface area contributed by atoms with E-state index in [4.69, 9.17) is 37.2 Å². The fourth-order valence-electron chi connectivity index (χ4n) is 0. The SMILES string of the molecule is BrCBr.[Cl][Ti]([Cl])([Cl])[Cl].[Zn]. The van der Waals surface area contributed by atoms with Crippen molar-refractivity contribution >= 4 is 69.1 Å². The molecule has 0 unspecified atom stereocenters. The van der Waals surface area contributed by atoms with Crippen LogP contribution in [-0.4, -0.2) is 4.24 Å². The maximum Gasteiger partial charge on any atom is 0 e. The van der Waals surface area contributed by atoms with Crippen molar-refractivity contribution in [2.24, 2.45) is 0 Å². The summed E-state index contributed by atoms with van der Waals surface area (Å²) < 4.78 is 0.875. The van der Waals surface area contributed by atoms with Crippen molar-refractivity contribution in [3.63, 3.8) is 0 Å². The molecular weight excluding hydrogens is 427 g/mol. The standard InChI is InChI=1S/CH2Br2.4ClH.Ti.Zn/c2-1-3;;;;;;/h1H2;4*1H;;/q;;;;;+4;/p-4. The fourth-order valence-corrected chi connectivity index (χ4v) is 0. The minimum Gasteiger partial charge on any atom is 0 e. The summed E-state index contributed by atoms with van der Waals surface area (Å²) in [6, 6.07) is 0. The number of hydrogen-bond donors (Lipinski definition) is 0. The van der Waals surface area contributed by atoms with Crippen LogP contribution in [0.25, 0.3) is 0 Å². The quantitative estimate of drug-likeness (QED) is 0.394. The van der Waals surface area contributed by atoms with Crippen molar-refractivity contribution in [1.82, 2.24) is 0 Å². The van der Waals surface area contributed by atoms with Crippen LogP contribution in [0.3, 0.4) is 0 Å². The second-order valence-corrected chi connectivity index (χ2v) is 18.6. The second kappa shape index (κ2) is 11.5. The topological polar surface area (TPSA) is 0 Å².